The van der Waals surface area contributed by atoms with E-state index in [1.165, 1.54) is 12.4 Å². The highest BCUT2D eigenvalue weighted by Gasteiger charge is 1.93. The Balaban J connectivity index is 0.000000364. The van der Waals surface area contributed by atoms with Gasteiger partial charge >= 0.3 is 12.2 Å². The predicted octanol–water partition coefficient (Wildman–Crippen LogP) is 0.795. The average molecular weight is 199 g/mol. The number of primary amides is 1. The van der Waals surface area contributed by atoms with Crippen LogP contribution in [0.3, 0.4) is 0 Å². The normalized spacial score (nSPS) is 8.00. The lowest BCUT2D eigenvalue weighted by Crippen LogP contribution is -2.06. The highest BCUT2D eigenvalue weighted by molar-refractivity contribution is 5.82. The monoisotopic (exact) mass is 199 g/mol. The summed E-state index contributed by atoms with van der Waals surface area (Å²) in [4.78, 5) is 22.5. The minimum Gasteiger partial charge on any atom is -0.465 e. The van der Waals surface area contributed by atoms with Gasteiger partial charge in [-0.3, -0.25) is 10.3 Å². The van der Waals surface area contributed by atoms with Gasteiger partial charge in [-0.1, -0.05) is 0 Å². The number of anilines is 1. The van der Waals surface area contributed by atoms with Gasteiger partial charge in [-0.2, -0.15) is 0 Å². The highest BCUT2D eigenvalue weighted by atomic mass is 16.4. The smallest absolute Gasteiger partial charge is 0.409 e. The topological polar surface area (TPSA) is 126 Å². The Morgan fingerprint density at radius 1 is 1.29 bits per heavy atom. The molecule has 0 radical (unpaired) electrons. The molecule has 5 N–H and O–H groups in total. The first-order valence-electron chi connectivity index (χ1n) is 3.40. The van der Waals surface area contributed by atoms with Crippen molar-refractivity contribution in [3.63, 3.8) is 0 Å². The molecule has 0 bridgehead atoms. The molecule has 0 saturated carbocycles. The maximum atomic E-state index is 10.0. The Morgan fingerprint density at radius 3 is 2.07 bits per heavy atom. The van der Waals surface area contributed by atoms with Crippen LogP contribution < -0.4 is 11.1 Å². The van der Waals surface area contributed by atoms with Crippen molar-refractivity contribution in [3.05, 3.63) is 24.5 Å². The second kappa shape index (κ2) is 6.23. The first-order chi connectivity index (χ1) is 6.52. The molecule has 0 aliphatic heterocycles. The van der Waals surface area contributed by atoms with E-state index in [2.05, 4.69) is 16.0 Å². The van der Waals surface area contributed by atoms with Crippen LogP contribution in [-0.4, -0.2) is 27.4 Å². The van der Waals surface area contributed by atoms with Gasteiger partial charge in [-0.15, -0.1) is 0 Å². The zero-order valence-electron chi connectivity index (χ0n) is 7.04. The molecule has 0 aromatic carbocycles. The number of rotatable bonds is 1. The van der Waals surface area contributed by atoms with Gasteiger partial charge in [0.15, 0.2) is 0 Å². The molecule has 1 aromatic heterocycles. The van der Waals surface area contributed by atoms with Gasteiger partial charge in [0.1, 0.15) is 0 Å². The first kappa shape index (κ1) is 11.7. The molecule has 76 valence electrons. The van der Waals surface area contributed by atoms with E-state index in [0.717, 1.165) is 0 Å². The third-order valence-electron chi connectivity index (χ3n) is 0.932. The number of aromatic nitrogens is 1. The number of pyridine rings is 1. The molecule has 1 rings (SSSR count). The van der Waals surface area contributed by atoms with Crippen molar-refractivity contribution in [2.24, 2.45) is 5.73 Å². The Kier molecular flexibility index (Phi) is 5.20. The Labute approximate surface area is 79.2 Å². The van der Waals surface area contributed by atoms with Gasteiger partial charge in [0.25, 0.3) is 0 Å². The predicted molar refractivity (Wildman–Crippen MR) is 48.1 cm³/mol. The Hall–Kier alpha value is -2.31. The van der Waals surface area contributed by atoms with E-state index >= 15 is 0 Å². The molecule has 0 aliphatic rings. The Morgan fingerprint density at radius 2 is 1.71 bits per heavy atom. The van der Waals surface area contributed by atoms with E-state index in [-0.39, 0.29) is 0 Å². The molecule has 0 unspecified atom stereocenters. The number of hydrogen-bond acceptors (Lipinski definition) is 3. The molecule has 1 aromatic rings. The largest absolute Gasteiger partial charge is 0.465 e. The lowest BCUT2D eigenvalue weighted by molar-refractivity contribution is 0.205. The fourth-order valence-corrected chi connectivity index (χ4v) is 0.559. The van der Waals surface area contributed by atoms with E-state index in [4.69, 9.17) is 15.0 Å². The Bertz CT molecular complexity index is 297. The molecule has 7 heteroatoms. The fourth-order valence-electron chi connectivity index (χ4n) is 0.559. The number of nitrogens with one attached hydrogen (secondary N) is 1. The molecular weight excluding hydrogens is 190 g/mol. The second-order valence-electron chi connectivity index (χ2n) is 2.00. The molecule has 7 nitrogen and oxygen atoms in total. The van der Waals surface area contributed by atoms with Gasteiger partial charge in [-0.05, 0) is 12.1 Å². The average Bonchev–Trinajstić information content (AvgIpc) is 2.03. The van der Waals surface area contributed by atoms with Gasteiger partial charge in [0.2, 0.25) is 0 Å². The number of hydrogen-bond donors (Lipinski definition) is 4. The molecule has 1 heterocycles. The van der Waals surface area contributed by atoms with E-state index in [9.17, 15) is 4.79 Å². The summed E-state index contributed by atoms with van der Waals surface area (Å²) >= 11 is 0. The van der Waals surface area contributed by atoms with Crippen LogP contribution in [-0.2, 0) is 0 Å². The molecule has 0 spiro atoms. The summed E-state index contributed by atoms with van der Waals surface area (Å²) < 4.78 is 0. The minimum atomic E-state index is -1.33. The first-order valence-corrected chi connectivity index (χ1v) is 3.40. The quantitative estimate of drug-likeness (QED) is 0.532. The maximum Gasteiger partial charge on any atom is 0.409 e. The zero-order valence-corrected chi connectivity index (χ0v) is 7.04. The van der Waals surface area contributed by atoms with Crippen molar-refractivity contribution in [1.82, 2.24) is 4.98 Å². The molecular formula is C7H9N3O4. The standard InChI is InChI=1S/C6H6N2O2.CH3NO2/c9-6(10)8-5-1-3-7-4-2-5;2-1(3)4/h1-4H,(H,7,8)(H,9,10);2H2,(H,3,4). The molecule has 0 atom stereocenters. The van der Waals surface area contributed by atoms with Crippen LogP contribution in [0.1, 0.15) is 0 Å². The van der Waals surface area contributed by atoms with E-state index in [1.807, 2.05) is 0 Å². The van der Waals surface area contributed by atoms with Gasteiger partial charge in [0, 0.05) is 18.1 Å². The third kappa shape index (κ3) is 7.79. The zero-order chi connectivity index (χ0) is 11.0. The van der Waals surface area contributed by atoms with Crippen LogP contribution in [0, 0.1) is 0 Å². The lowest BCUT2D eigenvalue weighted by Gasteiger charge is -1.96. The van der Waals surface area contributed by atoms with Crippen LogP contribution >= 0.6 is 0 Å². The number of nitrogens with zero attached hydrogens (tertiary/aromatic N) is 1. The van der Waals surface area contributed by atoms with Crippen LogP contribution in [0.4, 0.5) is 15.3 Å². The molecule has 2 amide bonds. The number of carboxylic acid groups (broad SMARTS) is 2. The number of nitrogens with two attached hydrogens (primary N) is 1. The van der Waals surface area contributed by atoms with Crippen molar-refractivity contribution >= 4 is 17.9 Å². The molecule has 14 heavy (non-hydrogen) atoms. The second-order valence-corrected chi connectivity index (χ2v) is 2.00. The molecule has 0 fully saturated rings. The van der Waals surface area contributed by atoms with Crippen LogP contribution in [0.25, 0.3) is 0 Å². The van der Waals surface area contributed by atoms with Crippen molar-refractivity contribution in [1.29, 1.82) is 0 Å². The van der Waals surface area contributed by atoms with E-state index < -0.39 is 12.2 Å². The summed E-state index contributed by atoms with van der Waals surface area (Å²) in [6.45, 7) is 0. The number of carbonyl (C=O) groups is 2. The van der Waals surface area contributed by atoms with Crippen LogP contribution in [0.2, 0.25) is 0 Å². The van der Waals surface area contributed by atoms with Gasteiger partial charge < -0.3 is 15.9 Å². The van der Waals surface area contributed by atoms with Crippen molar-refractivity contribution in [2.75, 3.05) is 5.32 Å². The minimum absolute atomic E-state index is 0.530. The SMILES string of the molecule is NC(=O)O.O=C(O)Nc1ccncc1. The summed E-state index contributed by atoms with van der Waals surface area (Å²) in [6.07, 6.45) is 0.641. The highest BCUT2D eigenvalue weighted by Crippen LogP contribution is 2.01. The molecule has 0 saturated heterocycles. The summed E-state index contributed by atoms with van der Waals surface area (Å²) in [6, 6.07) is 3.16. The van der Waals surface area contributed by atoms with E-state index in [0.29, 0.717) is 5.69 Å². The summed E-state index contributed by atoms with van der Waals surface area (Å²) in [5.41, 5.74) is 4.56. The van der Waals surface area contributed by atoms with Gasteiger partial charge in [-0.25, -0.2) is 9.59 Å². The summed E-state index contributed by atoms with van der Waals surface area (Å²) in [5, 5.41) is 17.6. The van der Waals surface area contributed by atoms with Crippen molar-refractivity contribution < 1.29 is 19.8 Å². The third-order valence-corrected chi connectivity index (χ3v) is 0.932. The van der Waals surface area contributed by atoms with Crippen LogP contribution in [0.5, 0.6) is 0 Å². The van der Waals surface area contributed by atoms with E-state index in [1.54, 1.807) is 12.1 Å². The number of amides is 2. The maximum absolute atomic E-state index is 10.0. The summed E-state index contributed by atoms with van der Waals surface area (Å²) in [7, 11) is 0. The fraction of sp³-hybridized carbons (Fsp3) is 0. The van der Waals surface area contributed by atoms with Gasteiger partial charge in [0.05, 0.1) is 0 Å². The van der Waals surface area contributed by atoms with Crippen LogP contribution in [0.15, 0.2) is 24.5 Å². The van der Waals surface area contributed by atoms with Crippen molar-refractivity contribution in [3.8, 4) is 0 Å². The molecule has 0 aliphatic carbocycles. The summed E-state index contributed by atoms with van der Waals surface area (Å²) in [5.74, 6) is 0. The van der Waals surface area contributed by atoms with Crippen molar-refractivity contribution in [2.45, 2.75) is 0 Å². The lowest BCUT2D eigenvalue weighted by atomic mass is 10.4.